The topological polar surface area (TPSA) is 39.2 Å². The van der Waals surface area contributed by atoms with Crippen molar-refractivity contribution in [1.29, 1.82) is 0 Å². The van der Waals surface area contributed by atoms with Gasteiger partial charge in [0.15, 0.2) is 0 Å². The van der Waals surface area contributed by atoms with E-state index in [-0.39, 0.29) is 16.6 Å². The number of carbonyl (C=O) groups excluding carboxylic acids is 1. The third-order valence-electron chi connectivity index (χ3n) is 1.72. The molecule has 0 aliphatic carbocycles. The fourth-order valence-electron chi connectivity index (χ4n) is 1.04. The molecule has 0 aliphatic heterocycles. The lowest BCUT2D eigenvalue weighted by Crippen LogP contribution is -2.11. The Labute approximate surface area is 97.8 Å². The van der Waals surface area contributed by atoms with Gasteiger partial charge < -0.3 is 4.74 Å². The smallest absolute Gasteiger partial charge is 0.433 e. The maximum atomic E-state index is 12.4. The van der Waals surface area contributed by atoms with Crippen LogP contribution in [0.15, 0.2) is 16.7 Å². The van der Waals surface area contributed by atoms with Crippen molar-refractivity contribution in [2.45, 2.75) is 12.6 Å². The predicted octanol–water partition coefficient (Wildman–Crippen LogP) is 2.58. The Morgan fingerprint density at radius 1 is 1.50 bits per heavy atom. The van der Waals surface area contributed by atoms with E-state index in [4.69, 9.17) is 0 Å². The first-order valence-corrected chi connectivity index (χ1v) is 4.92. The minimum atomic E-state index is -4.53. The van der Waals surface area contributed by atoms with Crippen LogP contribution in [0.5, 0.6) is 0 Å². The quantitative estimate of drug-likeness (QED) is 0.622. The molecule has 0 spiro atoms. The molecule has 0 saturated carbocycles. The summed E-state index contributed by atoms with van der Waals surface area (Å²) in [6.07, 6.45) is -4.75. The Morgan fingerprint density at radius 3 is 2.62 bits per heavy atom. The molecular formula is C9H7BrF3NO2. The summed E-state index contributed by atoms with van der Waals surface area (Å²) >= 11 is 2.85. The molecule has 16 heavy (non-hydrogen) atoms. The van der Waals surface area contributed by atoms with Crippen molar-refractivity contribution in [2.75, 3.05) is 7.11 Å². The van der Waals surface area contributed by atoms with E-state index >= 15 is 0 Å². The summed E-state index contributed by atoms with van der Waals surface area (Å²) < 4.78 is 41.5. The van der Waals surface area contributed by atoms with Gasteiger partial charge in [0.05, 0.1) is 13.5 Å². The van der Waals surface area contributed by atoms with Gasteiger partial charge in [-0.15, -0.1) is 0 Å². The van der Waals surface area contributed by atoms with Crippen molar-refractivity contribution in [3.8, 4) is 0 Å². The number of alkyl halides is 3. The van der Waals surface area contributed by atoms with Crippen molar-refractivity contribution in [3.63, 3.8) is 0 Å². The highest BCUT2D eigenvalue weighted by Gasteiger charge is 2.33. The first kappa shape index (κ1) is 13.0. The van der Waals surface area contributed by atoms with Crippen molar-refractivity contribution in [3.05, 3.63) is 28.0 Å². The van der Waals surface area contributed by atoms with E-state index < -0.39 is 17.8 Å². The molecular weight excluding hydrogens is 291 g/mol. The van der Waals surface area contributed by atoms with Crippen LogP contribution in [0.4, 0.5) is 13.2 Å². The zero-order valence-electron chi connectivity index (χ0n) is 8.14. The molecule has 3 nitrogen and oxygen atoms in total. The number of aromatic nitrogens is 1. The van der Waals surface area contributed by atoms with Crippen LogP contribution in [0.2, 0.25) is 0 Å². The van der Waals surface area contributed by atoms with E-state index in [1.165, 1.54) is 13.2 Å². The predicted molar refractivity (Wildman–Crippen MR) is 52.7 cm³/mol. The molecule has 0 aromatic carbocycles. The third-order valence-corrected chi connectivity index (χ3v) is 2.13. The molecule has 0 radical (unpaired) electrons. The summed E-state index contributed by atoms with van der Waals surface area (Å²) in [7, 11) is 1.17. The number of hydrogen-bond acceptors (Lipinski definition) is 3. The number of rotatable bonds is 2. The van der Waals surface area contributed by atoms with Gasteiger partial charge in [0, 0.05) is 0 Å². The molecule has 0 unspecified atom stereocenters. The SMILES string of the molecule is COC(=O)Cc1cc(Br)nc(C(F)(F)F)c1. The second kappa shape index (κ2) is 4.82. The lowest BCUT2D eigenvalue weighted by atomic mass is 10.1. The van der Waals surface area contributed by atoms with Crippen LogP contribution in [0.3, 0.4) is 0 Å². The molecule has 88 valence electrons. The highest BCUT2D eigenvalue weighted by Crippen LogP contribution is 2.29. The fourth-order valence-corrected chi connectivity index (χ4v) is 1.52. The van der Waals surface area contributed by atoms with Crippen LogP contribution in [0.25, 0.3) is 0 Å². The first-order chi connectivity index (χ1) is 7.32. The second-order valence-corrected chi connectivity index (χ2v) is 3.75. The van der Waals surface area contributed by atoms with Crippen molar-refractivity contribution < 1.29 is 22.7 Å². The number of methoxy groups -OCH3 is 1. The number of carbonyl (C=O) groups is 1. The van der Waals surface area contributed by atoms with Crippen LogP contribution in [-0.2, 0) is 22.1 Å². The van der Waals surface area contributed by atoms with E-state index in [2.05, 4.69) is 25.7 Å². The average molecular weight is 298 g/mol. The molecule has 0 amide bonds. The highest BCUT2D eigenvalue weighted by atomic mass is 79.9. The van der Waals surface area contributed by atoms with E-state index in [1.807, 2.05) is 0 Å². The molecule has 1 heterocycles. The Bertz CT molecular complexity index is 406. The van der Waals surface area contributed by atoms with Crippen molar-refractivity contribution in [1.82, 2.24) is 4.98 Å². The van der Waals surface area contributed by atoms with E-state index in [9.17, 15) is 18.0 Å². The van der Waals surface area contributed by atoms with Gasteiger partial charge >= 0.3 is 12.1 Å². The van der Waals surface area contributed by atoms with Gasteiger partial charge in [0.2, 0.25) is 0 Å². The first-order valence-electron chi connectivity index (χ1n) is 4.13. The van der Waals surface area contributed by atoms with Gasteiger partial charge in [-0.05, 0) is 33.6 Å². The average Bonchev–Trinajstić information content (AvgIpc) is 2.15. The maximum Gasteiger partial charge on any atom is 0.433 e. The van der Waals surface area contributed by atoms with Crippen LogP contribution in [0, 0.1) is 0 Å². The molecule has 0 saturated heterocycles. The van der Waals surface area contributed by atoms with E-state index in [0.29, 0.717) is 0 Å². The molecule has 1 aromatic rings. The summed E-state index contributed by atoms with van der Waals surface area (Å²) in [4.78, 5) is 14.2. The summed E-state index contributed by atoms with van der Waals surface area (Å²) in [5.41, 5.74) is -0.846. The number of pyridine rings is 1. The zero-order valence-corrected chi connectivity index (χ0v) is 9.72. The lowest BCUT2D eigenvalue weighted by molar-refractivity contribution is -0.142. The standard InChI is InChI=1S/C9H7BrF3NO2/c1-16-8(15)4-5-2-6(9(11,12)13)14-7(10)3-5/h2-3H,4H2,1H3. The molecule has 0 N–H and O–H groups in total. The van der Waals surface area contributed by atoms with Crippen LogP contribution >= 0.6 is 15.9 Å². The summed E-state index contributed by atoms with van der Waals surface area (Å²) in [5.74, 6) is -0.605. The second-order valence-electron chi connectivity index (χ2n) is 2.93. The molecule has 0 aliphatic rings. The van der Waals surface area contributed by atoms with Crippen molar-refractivity contribution in [2.24, 2.45) is 0 Å². The van der Waals surface area contributed by atoms with Gasteiger partial charge in [0.25, 0.3) is 0 Å². The van der Waals surface area contributed by atoms with E-state index in [1.54, 1.807) is 0 Å². The number of hydrogen-bond donors (Lipinski definition) is 0. The van der Waals surface area contributed by atoms with Crippen LogP contribution in [0.1, 0.15) is 11.3 Å². The molecule has 0 atom stereocenters. The van der Waals surface area contributed by atoms with Crippen LogP contribution < -0.4 is 0 Å². The lowest BCUT2D eigenvalue weighted by Gasteiger charge is -2.08. The summed E-state index contributed by atoms with van der Waals surface area (Å²) in [6.45, 7) is 0. The van der Waals surface area contributed by atoms with Gasteiger partial charge in [-0.25, -0.2) is 4.98 Å². The molecule has 0 bridgehead atoms. The van der Waals surface area contributed by atoms with Gasteiger partial charge in [-0.1, -0.05) is 0 Å². The minimum absolute atomic E-state index is 0.0289. The number of ether oxygens (including phenoxy) is 1. The molecule has 1 rings (SSSR count). The Hall–Kier alpha value is -1.11. The van der Waals surface area contributed by atoms with Crippen molar-refractivity contribution >= 4 is 21.9 Å². The fraction of sp³-hybridized carbons (Fsp3) is 0.333. The van der Waals surface area contributed by atoms with Gasteiger partial charge in [0.1, 0.15) is 10.3 Å². The van der Waals surface area contributed by atoms with Gasteiger partial charge in [-0.3, -0.25) is 4.79 Å². The van der Waals surface area contributed by atoms with E-state index in [0.717, 1.165) is 6.07 Å². The largest absolute Gasteiger partial charge is 0.469 e. The Morgan fingerprint density at radius 2 is 2.12 bits per heavy atom. The summed E-state index contributed by atoms with van der Waals surface area (Å²) in [5, 5.41) is 0. The normalized spacial score (nSPS) is 11.3. The molecule has 0 fully saturated rings. The molecule has 1 aromatic heterocycles. The maximum absolute atomic E-state index is 12.4. The highest BCUT2D eigenvalue weighted by molar-refractivity contribution is 9.10. The number of esters is 1. The Kier molecular flexibility index (Phi) is 3.90. The zero-order chi connectivity index (χ0) is 12.3. The summed E-state index contributed by atoms with van der Waals surface area (Å²) in [6, 6.07) is 2.16. The van der Waals surface area contributed by atoms with Gasteiger partial charge in [-0.2, -0.15) is 13.2 Å². The number of nitrogens with zero attached hydrogens (tertiary/aromatic N) is 1. The van der Waals surface area contributed by atoms with Crippen LogP contribution in [-0.4, -0.2) is 18.1 Å². The Balaban J connectivity index is 3.04. The number of halogens is 4. The minimum Gasteiger partial charge on any atom is -0.469 e. The monoisotopic (exact) mass is 297 g/mol. The third kappa shape index (κ3) is 3.48. The molecule has 7 heteroatoms.